The lowest BCUT2D eigenvalue weighted by molar-refractivity contribution is 0.141. The SMILES string of the molecule is Ic1cnn(-c2ccc(O[C@H]3CCOC3)cc2)c1. The van der Waals surface area contributed by atoms with Gasteiger partial charge in [0.05, 0.1) is 28.7 Å². The number of nitrogens with zero attached hydrogens (tertiary/aromatic N) is 2. The Morgan fingerprint density at radius 2 is 2.17 bits per heavy atom. The molecule has 1 saturated heterocycles. The van der Waals surface area contributed by atoms with E-state index in [0.717, 1.165) is 28.0 Å². The maximum absolute atomic E-state index is 5.82. The average Bonchev–Trinajstić information content (AvgIpc) is 3.02. The first-order chi connectivity index (χ1) is 8.81. The summed E-state index contributed by atoms with van der Waals surface area (Å²) >= 11 is 2.25. The van der Waals surface area contributed by atoms with Crippen molar-refractivity contribution >= 4 is 22.6 Å². The molecule has 1 aromatic heterocycles. The van der Waals surface area contributed by atoms with Crippen molar-refractivity contribution in [3.63, 3.8) is 0 Å². The number of ether oxygens (including phenoxy) is 2. The minimum Gasteiger partial charge on any atom is -0.488 e. The quantitative estimate of drug-likeness (QED) is 0.794. The summed E-state index contributed by atoms with van der Waals surface area (Å²) in [5.41, 5.74) is 1.04. The zero-order valence-electron chi connectivity index (χ0n) is 9.75. The first kappa shape index (κ1) is 12.0. The Morgan fingerprint density at radius 1 is 1.33 bits per heavy atom. The van der Waals surface area contributed by atoms with Gasteiger partial charge < -0.3 is 9.47 Å². The molecule has 0 saturated carbocycles. The summed E-state index contributed by atoms with van der Waals surface area (Å²) in [6, 6.07) is 7.97. The van der Waals surface area contributed by atoms with Gasteiger partial charge in [-0.3, -0.25) is 0 Å². The summed E-state index contributed by atoms with van der Waals surface area (Å²) in [5, 5.41) is 4.27. The van der Waals surface area contributed by atoms with Gasteiger partial charge in [-0.05, 0) is 46.9 Å². The second-order valence-corrected chi connectivity index (χ2v) is 5.45. The van der Waals surface area contributed by atoms with Crippen LogP contribution in [0.5, 0.6) is 5.75 Å². The maximum atomic E-state index is 5.82. The first-order valence-corrected chi connectivity index (χ1v) is 6.94. The molecule has 1 atom stereocenters. The van der Waals surface area contributed by atoms with Crippen LogP contribution >= 0.6 is 22.6 Å². The monoisotopic (exact) mass is 356 g/mol. The van der Waals surface area contributed by atoms with Crippen LogP contribution in [0.3, 0.4) is 0 Å². The fraction of sp³-hybridized carbons (Fsp3) is 0.308. The van der Waals surface area contributed by atoms with E-state index in [0.29, 0.717) is 6.61 Å². The van der Waals surface area contributed by atoms with E-state index in [1.54, 1.807) is 0 Å². The van der Waals surface area contributed by atoms with Gasteiger partial charge in [0.2, 0.25) is 0 Å². The van der Waals surface area contributed by atoms with Crippen LogP contribution in [0.15, 0.2) is 36.7 Å². The van der Waals surface area contributed by atoms with Crippen molar-refractivity contribution in [1.82, 2.24) is 9.78 Å². The van der Waals surface area contributed by atoms with Crippen LogP contribution in [0, 0.1) is 3.57 Å². The lowest BCUT2D eigenvalue weighted by Crippen LogP contribution is -2.15. The summed E-state index contributed by atoms with van der Waals surface area (Å²) in [6.07, 6.45) is 4.99. The number of hydrogen-bond acceptors (Lipinski definition) is 3. The van der Waals surface area contributed by atoms with Crippen LogP contribution < -0.4 is 4.74 Å². The zero-order chi connectivity index (χ0) is 12.4. The van der Waals surface area contributed by atoms with Crippen molar-refractivity contribution in [2.45, 2.75) is 12.5 Å². The molecule has 2 heterocycles. The molecule has 1 aromatic carbocycles. The third-order valence-corrected chi connectivity index (χ3v) is 3.40. The van der Waals surface area contributed by atoms with Gasteiger partial charge in [-0.25, -0.2) is 4.68 Å². The maximum Gasteiger partial charge on any atom is 0.124 e. The van der Waals surface area contributed by atoms with E-state index in [4.69, 9.17) is 9.47 Å². The summed E-state index contributed by atoms with van der Waals surface area (Å²) in [6.45, 7) is 1.49. The Hall–Kier alpha value is -1.08. The van der Waals surface area contributed by atoms with E-state index in [1.807, 2.05) is 41.3 Å². The van der Waals surface area contributed by atoms with Gasteiger partial charge in [-0.1, -0.05) is 0 Å². The van der Waals surface area contributed by atoms with Gasteiger partial charge in [0, 0.05) is 12.6 Å². The first-order valence-electron chi connectivity index (χ1n) is 5.86. The van der Waals surface area contributed by atoms with Crippen LogP contribution in [0.4, 0.5) is 0 Å². The summed E-state index contributed by atoms with van der Waals surface area (Å²) in [5.74, 6) is 0.885. The van der Waals surface area contributed by atoms with E-state index >= 15 is 0 Å². The van der Waals surface area contributed by atoms with Crippen LogP contribution in [0.25, 0.3) is 5.69 Å². The van der Waals surface area contributed by atoms with Crippen LogP contribution in [0.2, 0.25) is 0 Å². The topological polar surface area (TPSA) is 36.3 Å². The largest absolute Gasteiger partial charge is 0.488 e. The minimum atomic E-state index is 0.196. The Kier molecular flexibility index (Phi) is 3.51. The lowest BCUT2D eigenvalue weighted by Gasteiger charge is -2.12. The second-order valence-electron chi connectivity index (χ2n) is 4.20. The third kappa shape index (κ3) is 2.67. The second kappa shape index (κ2) is 5.27. The lowest BCUT2D eigenvalue weighted by atomic mass is 10.3. The molecule has 5 heteroatoms. The molecule has 1 aliphatic rings. The molecule has 94 valence electrons. The molecule has 0 unspecified atom stereocenters. The van der Waals surface area contributed by atoms with Crippen molar-refractivity contribution in [1.29, 1.82) is 0 Å². The Balaban J connectivity index is 1.72. The van der Waals surface area contributed by atoms with Crippen molar-refractivity contribution < 1.29 is 9.47 Å². The zero-order valence-corrected chi connectivity index (χ0v) is 11.9. The molecule has 1 aliphatic heterocycles. The van der Waals surface area contributed by atoms with E-state index in [2.05, 4.69) is 27.7 Å². The highest BCUT2D eigenvalue weighted by Gasteiger charge is 2.16. The molecular formula is C13H13IN2O2. The number of aromatic nitrogens is 2. The molecule has 18 heavy (non-hydrogen) atoms. The molecule has 3 rings (SSSR count). The number of benzene rings is 1. The number of rotatable bonds is 3. The van der Waals surface area contributed by atoms with Gasteiger partial charge in [0.15, 0.2) is 0 Å². The highest BCUT2D eigenvalue weighted by atomic mass is 127. The average molecular weight is 356 g/mol. The minimum absolute atomic E-state index is 0.196. The van der Waals surface area contributed by atoms with Crippen LogP contribution in [0.1, 0.15) is 6.42 Å². The van der Waals surface area contributed by atoms with Gasteiger partial charge in [0.25, 0.3) is 0 Å². The highest BCUT2D eigenvalue weighted by Crippen LogP contribution is 2.19. The van der Waals surface area contributed by atoms with E-state index in [-0.39, 0.29) is 6.10 Å². The highest BCUT2D eigenvalue weighted by molar-refractivity contribution is 14.1. The molecule has 4 nitrogen and oxygen atoms in total. The molecule has 1 fully saturated rings. The smallest absolute Gasteiger partial charge is 0.124 e. The molecule has 0 spiro atoms. The fourth-order valence-corrected chi connectivity index (χ4v) is 2.31. The van der Waals surface area contributed by atoms with Gasteiger partial charge >= 0.3 is 0 Å². The van der Waals surface area contributed by atoms with E-state index in [9.17, 15) is 0 Å². The molecule has 0 radical (unpaired) electrons. The van der Waals surface area contributed by atoms with Crippen molar-refractivity contribution in [3.05, 3.63) is 40.2 Å². The van der Waals surface area contributed by atoms with Crippen molar-refractivity contribution in [3.8, 4) is 11.4 Å². The predicted molar refractivity (Wildman–Crippen MR) is 76.1 cm³/mol. The fourth-order valence-electron chi connectivity index (χ4n) is 1.92. The van der Waals surface area contributed by atoms with Crippen molar-refractivity contribution in [2.75, 3.05) is 13.2 Å². The predicted octanol–water partition coefficient (Wildman–Crippen LogP) is 2.64. The van der Waals surface area contributed by atoms with Crippen LogP contribution in [-0.4, -0.2) is 29.1 Å². The molecule has 0 N–H and O–H groups in total. The van der Waals surface area contributed by atoms with Gasteiger partial charge in [0.1, 0.15) is 11.9 Å². The number of hydrogen-bond donors (Lipinski definition) is 0. The molecule has 0 amide bonds. The van der Waals surface area contributed by atoms with E-state index < -0.39 is 0 Å². The molecular weight excluding hydrogens is 343 g/mol. The standard InChI is InChI=1S/C13H13IN2O2/c14-10-7-15-16(8-10)11-1-3-12(4-2-11)18-13-5-6-17-9-13/h1-4,7-8,13H,5-6,9H2/t13-/m0/s1. The van der Waals surface area contributed by atoms with Crippen LogP contribution in [-0.2, 0) is 4.74 Å². The molecule has 2 aromatic rings. The van der Waals surface area contributed by atoms with Crippen molar-refractivity contribution in [2.24, 2.45) is 0 Å². The van der Waals surface area contributed by atoms with Gasteiger partial charge in [-0.2, -0.15) is 5.10 Å². The normalized spacial score (nSPS) is 19.1. The summed E-state index contributed by atoms with van der Waals surface area (Å²) in [4.78, 5) is 0. The molecule has 0 aliphatic carbocycles. The van der Waals surface area contributed by atoms with E-state index in [1.165, 1.54) is 0 Å². The third-order valence-electron chi connectivity index (χ3n) is 2.84. The summed E-state index contributed by atoms with van der Waals surface area (Å²) in [7, 11) is 0. The summed E-state index contributed by atoms with van der Waals surface area (Å²) < 4.78 is 14.1. The Labute approximate surface area is 119 Å². The Bertz CT molecular complexity index is 518. The van der Waals surface area contributed by atoms with Gasteiger partial charge in [-0.15, -0.1) is 0 Å². The molecule has 0 bridgehead atoms. The Morgan fingerprint density at radius 3 is 2.78 bits per heavy atom. The number of halogens is 1.